The predicted octanol–water partition coefficient (Wildman–Crippen LogP) is 6.18. The topological polar surface area (TPSA) is 53.8 Å². The number of thiophene rings is 1. The summed E-state index contributed by atoms with van der Waals surface area (Å²) in [6.07, 6.45) is 0. The molecule has 3 rings (SSSR count). The molecular weight excluding hydrogens is 374 g/mol. The standard InChI is InChI=1S/C17H12BrN3OS/c18-15-10-11-23-16(15)17(22)19-12-6-8-14(9-7-12)21-20-13-4-2-1-3-5-13/h1-11H,(H,19,22). The number of azo groups is 1. The van der Waals surface area contributed by atoms with Crippen molar-refractivity contribution in [1.82, 2.24) is 0 Å². The van der Waals surface area contributed by atoms with E-state index in [1.165, 1.54) is 11.3 Å². The first-order chi connectivity index (χ1) is 11.2. The minimum atomic E-state index is -0.134. The van der Waals surface area contributed by atoms with Gasteiger partial charge in [0.25, 0.3) is 5.91 Å². The number of carbonyl (C=O) groups excluding carboxylic acids is 1. The van der Waals surface area contributed by atoms with Crippen LogP contribution in [0.5, 0.6) is 0 Å². The smallest absolute Gasteiger partial charge is 0.266 e. The third-order valence-electron chi connectivity index (χ3n) is 2.99. The Hall–Kier alpha value is -2.31. The average Bonchev–Trinajstić information content (AvgIpc) is 3.01. The van der Waals surface area contributed by atoms with Crippen LogP contribution < -0.4 is 5.32 Å². The van der Waals surface area contributed by atoms with Crippen LogP contribution in [0.25, 0.3) is 0 Å². The summed E-state index contributed by atoms with van der Waals surface area (Å²) in [6, 6.07) is 18.6. The van der Waals surface area contributed by atoms with Crippen LogP contribution in [0.2, 0.25) is 0 Å². The van der Waals surface area contributed by atoms with Crippen LogP contribution in [-0.2, 0) is 0 Å². The van der Waals surface area contributed by atoms with Gasteiger partial charge in [-0.2, -0.15) is 10.2 Å². The van der Waals surface area contributed by atoms with Crippen molar-refractivity contribution in [1.29, 1.82) is 0 Å². The van der Waals surface area contributed by atoms with Crippen molar-refractivity contribution < 1.29 is 4.79 Å². The van der Waals surface area contributed by atoms with E-state index in [-0.39, 0.29) is 5.91 Å². The fraction of sp³-hybridized carbons (Fsp3) is 0. The lowest BCUT2D eigenvalue weighted by atomic mass is 10.3. The molecule has 0 aliphatic carbocycles. The Balaban J connectivity index is 1.67. The van der Waals surface area contributed by atoms with E-state index in [0.717, 1.165) is 15.8 Å². The Kier molecular flexibility index (Phi) is 4.95. The largest absolute Gasteiger partial charge is 0.321 e. The number of carbonyl (C=O) groups is 1. The Bertz CT molecular complexity index is 829. The molecule has 0 unspecified atom stereocenters. The van der Waals surface area contributed by atoms with Gasteiger partial charge in [0.1, 0.15) is 4.88 Å². The summed E-state index contributed by atoms with van der Waals surface area (Å²) in [4.78, 5) is 12.8. The first kappa shape index (κ1) is 15.6. The molecule has 0 bridgehead atoms. The highest BCUT2D eigenvalue weighted by atomic mass is 79.9. The molecule has 0 atom stereocenters. The Morgan fingerprint density at radius 1 is 0.913 bits per heavy atom. The van der Waals surface area contributed by atoms with E-state index in [9.17, 15) is 4.79 Å². The van der Waals surface area contributed by atoms with Crippen molar-refractivity contribution in [3.05, 3.63) is 75.4 Å². The molecule has 1 aromatic heterocycles. The first-order valence-corrected chi connectivity index (χ1v) is 8.51. The molecule has 23 heavy (non-hydrogen) atoms. The maximum Gasteiger partial charge on any atom is 0.266 e. The number of nitrogens with zero attached hydrogens (tertiary/aromatic N) is 2. The van der Waals surface area contributed by atoms with Gasteiger partial charge >= 0.3 is 0 Å². The molecule has 3 aromatic rings. The third kappa shape index (κ3) is 4.12. The molecule has 4 nitrogen and oxygen atoms in total. The van der Waals surface area contributed by atoms with Gasteiger partial charge in [0.15, 0.2) is 0 Å². The number of amides is 1. The summed E-state index contributed by atoms with van der Waals surface area (Å²) in [5, 5.41) is 13.0. The van der Waals surface area contributed by atoms with Crippen molar-refractivity contribution in [2.45, 2.75) is 0 Å². The SMILES string of the molecule is O=C(Nc1ccc(N=Nc2ccccc2)cc1)c1sccc1Br. The van der Waals surface area contributed by atoms with Gasteiger partial charge in [-0.1, -0.05) is 18.2 Å². The molecule has 114 valence electrons. The number of halogens is 1. The number of rotatable bonds is 4. The van der Waals surface area contributed by atoms with Crippen LogP contribution in [0.1, 0.15) is 9.67 Å². The molecule has 0 aliphatic rings. The number of nitrogens with one attached hydrogen (secondary N) is 1. The molecular formula is C17H12BrN3OS. The summed E-state index contributed by atoms with van der Waals surface area (Å²) >= 11 is 4.75. The number of hydrogen-bond acceptors (Lipinski definition) is 4. The molecule has 0 radical (unpaired) electrons. The van der Waals surface area contributed by atoms with Crippen molar-refractivity contribution in [2.75, 3.05) is 5.32 Å². The summed E-state index contributed by atoms with van der Waals surface area (Å²) in [6.45, 7) is 0. The van der Waals surface area contributed by atoms with E-state index in [2.05, 4.69) is 31.5 Å². The Morgan fingerprint density at radius 3 is 2.17 bits per heavy atom. The second-order valence-electron chi connectivity index (χ2n) is 4.63. The number of hydrogen-bond donors (Lipinski definition) is 1. The van der Waals surface area contributed by atoms with E-state index in [1.54, 1.807) is 12.1 Å². The fourth-order valence-electron chi connectivity index (χ4n) is 1.87. The van der Waals surface area contributed by atoms with E-state index >= 15 is 0 Å². The van der Waals surface area contributed by atoms with Crippen LogP contribution >= 0.6 is 27.3 Å². The molecule has 1 N–H and O–H groups in total. The van der Waals surface area contributed by atoms with E-state index in [4.69, 9.17) is 0 Å². The zero-order chi connectivity index (χ0) is 16.1. The van der Waals surface area contributed by atoms with Crippen LogP contribution in [0.3, 0.4) is 0 Å². The lowest BCUT2D eigenvalue weighted by Gasteiger charge is -2.04. The third-order valence-corrected chi connectivity index (χ3v) is 4.82. The van der Waals surface area contributed by atoms with Gasteiger partial charge in [0, 0.05) is 10.2 Å². The zero-order valence-electron chi connectivity index (χ0n) is 11.9. The van der Waals surface area contributed by atoms with Gasteiger partial charge in [-0.25, -0.2) is 0 Å². The highest BCUT2D eigenvalue weighted by Gasteiger charge is 2.11. The summed E-state index contributed by atoms with van der Waals surface area (Å²) in [7, 11) is 0. The Morgan fingerprint density at radius 2 is 1.57 bits per heavy atom. The molecule has 1 heterocycles. The molecule has 0 fully saturated rings. The summed E-state index contributed by atoms with van der Waals surface area (Å²) in [5.41, 5.74) is 2.24. The number of benzene rings is 2. The van der Waals surface area contributed by atoms with Gasteiger partial charge in [0.05, 0.1) is 11.4 Å². The van der Waals surface area contributed by atoms with Gasteiger partial charge in [-0.05, 0) is 63.8 Å². The molecule has 6 heteroatoms. The van der Waals surface area contributed by atoms with Gasteiger partial charge in [-0.3, -0.25) is 4.79 Å². The normalized spacial score (nSPS) is 10.8. The Labute approximate surface area is 146 Å². The molecule has 0 spiro atoms. The highest BCUT2D eigenvalue weighted by molar-refractivity contribution is 9.10. The lowest BCUT2D eigenvalue weighted by Crippen LogP contribution is -2.10. The van der Waals surface area contributed by atoms with Crippen molar-refractivity contribution in [3.8, 4) is 0 Å². The molecule has 0 saturated carbocycles. The summed E-state index contributed by atoms with van der Waals surface area (Å²) in [5.74, 6) is -0.134. The van der Waals surface area contributed by atoms with Crippen LogP contribution in [0, 0.1) is 0 Å². The monoisotopic (exact) mass is 385 g/mol. The van der Waals surface area contributed by atoms with Crippen LogP contribution in [0.15, 0.2) is 80.7 Å². The fourth-order valence-corrected chi connectivity index (χ4v) is 3.31. The number of anilines is 1. The van der Waals surface area contributed by atoms with Crippen molar-refractivity contribution in [3.63, 3.8) is 0 Å². The van der Waals surface area contributed by atoms with Gasteiger partial charge in [0.2, 0.25) is 0 Å². The maximum atomic E-state index is 12.1. The molecule has 1 amide bonds. The second kappa shape index (κ2) is 7.30. The lowest BCUT2D eigenvalue weighted by molar-refractivity contribution is 0.103. The molecule has 0 saturated heterocycles. The second-order valence-corrected chi connectivity index (χ2v) is 6.40. The average molecular weight is 386 g/mol. The first-order valence-electron chi connectivity index (χ1n) is 6.83. The highest BCUT2D eigenvalue weighted by Crippen LogP contribution is 2.25. The van der Waals surface area contributed by atoms with E-state index in [1.807, 2.05) is 53.9 Å². The minimum Gasteiger partial charge on any atom is -0.321 e. The van der Waals surface area contributed by atoms with E-state index < -0.39 is 0 Å². The van der Waals surface area contributed by atoms with Crippen molar-refractivity contribution >= 4 is 50.2 Å². The summed E-state index contributed by atoms with van der Waals surface area (Å²) < 4.78 is 0.799. The van der Waals surface area contributed by atoms with Crippen molar-refractivity contribution in [2.24, 2.45) is 10.2 Å². The molecule has 2 aromatic carbocycles. The van der Waals surface area contributed by atoms with Crippen LogP contribution in [0.4, 0.5) is 17.1 Å². The zero-order valence-corrected chi connectivity index (χ0v) is 14.3. The maximum absolute atomic E-state index is 12.1. The van der Waals surface area contributed by atoms with Gasteiger partial charge in [-0.15, -0.1) is 11.3 Å². The van der Waals surface area contributed by atoms with Gasteiger partial charge < -0.3 is 5.32 Å². The quantitative estimate of drug-likeness (QED) is 0.535. The van der Waals surface area contributed by atoms with Crippen LogP contribution in [-0.4, -0.2) is 5.91 Å². The predicted molar refractivity (Wildman–Crippen MR) is 97.0 cm³/mol. The van der Waals surface area contributed by atoms with E-state index in [0.29, 0.717) is 10.6 Å². The molecule has 0 aliphatic heterocycles. The minimum absolute atomic E-state index is 0.134.